The molecule has 3 aromatic rings. The average molecular weight is 477 g/mol. The molecule has 0 aliphatic carbocycles. The van der Waals surface area contributed by atoms with Crippen molar-refractivity contribution in [1.82, 2.24) is 4.57 Å². The molecule has 3 rings (SSSR count). The minimum absolute atomic E-state index is 0.0119. The van der Waals surface area contributed by atoms with Gasteiger partial charge in [-0.2, -0.15) is 4.99 Å². The number of rotatable bonds is 9. The Kier molecular flexibility index (Phi) is 7.94. The minimum Gasteiger partial charge on any atom is -0.465 e. The van der Waals surface area contributed by atoms with E-state index in [0.29, 0.717) is 23.5 Å². The summed E-state index contributed by atoms with van der Waals surface area (Å²) in [4.78, 5) is 29.2. The van der Waals surface area contributed by atoms with Crippen LogP contribution >= 0.6 is 11.3 Å². The van der Waals surface area contributed by atoms with E-state index in [1.807, 2.05) is 4.57 Å². The summed E-state index contributed by atoms with van der Waals surface area (Å²) in [7, 11) is -0.542. The zero-order valence-corrected chi connectivity index (χ0v) is 19.4. The SMILES string of the molecule is COCCn1c(=NC(=O)CCCS(=O)(=O)c2ccccc2)sc2cc(C(=O)OC)ccc21. The quantitative estimate of drug-likeness (QED) is 0.440. The van der Waals surface area contributed by atoms with E-state index in [9.17, 15) is 18.0 Å². The van der Waals surface area contributed by atoms with Gasteiger partial charge >= 0.3 is 5.97 Å². The summed E-state index contributed by atoms with van der Waals surface area (Å²) in [6, 6.07) is 13.3. The zero-order chi connectivity index (χ0) is 23.1. The van der Waals surface area contributed by atoms with Crippen molar-refractivity contribution in [2.75, 3.05) is 26.6 Å². The summed E-state index contributed by atoms with van der Waals surface area (Å²) in [5.74, 6) is -0.978. The van der Waals surface area contributed by atoms with Crippen molar-refractivity contribution < 1.29 is 27.5 Å². The molecule has 1 heterocycles. The van der Waals surface area contributed by atoms with Gasteiger partial charge in [-0.1, -0.05) is 29.5 Å². The number of carbonyl (C=O) groups excluding carboxylic acids is 2. The number of esters is 1. The van der Waals surface area contributed by atoms with Crippen LogP contribution in [0.5, 0.6) is 0 Å². The summed E-state index contributed by atoms with van der Waals surface area (Å²) in [5, 5.41) is 0. The van der Waals surface area contributed by atoms with Gasteiger partial charge in [0.1, 0.15) is 0 Å². The highest BCUT2D eigenvalue weighted by Crippen LogP contribution is 2.20. The lowest BCUT2D eigenvalue weighted by Crippen LogP contribution is -2.19. The number of sulfone groups is 1. The smallest absolute Gasteiger partial charge is 0.337 e. The highest BCUT2D eigenvalue weighted by molar-refractivity contribution is 7.91. The van der Waals surface area contributed by atoms with Gasteiger partial charge in [0.25, 0.3) is 0 Å². The average Bonchev–Trinajstić information content (AvgIpc) is 3.13. The molecule has 0 N–H and O–H groups in total. The summed E-state index contributed by atoms with van der Waals surface area (Å²) < 4.78 is 37.3. The third-order valence-corrected chi connectivity index (χ3v) is 7.61. The fraction of sp³-hybridized carbons (Fsp3) is 0.318. The molecule has 0 saturated carbocycles. The van der Waals surface area contributed by atoms with Crippen LogP contribution in [0.1, 0.15) is 23.2 Å². The number of amides is 1. The number of aromatic nitrogens is 1. The molecule has 0 fully saturated rings. The summed E-state index contributed by atoms with van der Waals surface area (Å²) in [6.45, 7) is 0.893. The van der Waals surface area contributed by atoms with Crippen molar-refractivity contribution in [3.63, 3.8) is 0 Å². The van der Waals surface area contributed by atoms with E-state index in [4.69, 9.17) is 9.47 Å². The van der Waals surface area contributed by atoms with Crippen molar-refractivity contribution in [1.29, 1.82) is 0 Å². The number of hydrogen-bond donors (Lipinski definition) is 0. The van der Waals surface area contributed by atoms with E-state index in [2.05, 4.69) is 4.99 Å². The van der Waals surface area contributed by atoms with Crippen LogP contribution in [0.3, 0.4) is 0 Å². The number of nitrogens with zero attached hydrogens (tertiary/aromatic N) is 2. The van der Waals surface area contributed by atoms with Gasteiger partial charge in [0.2, 0.25) is 5.91 Å². The first-order chi connectivity index (χ1) is 15.4. The van der Waals surface area contributed by atoms with E-state index in [-0.39, 0.29) is 23.5 Å². The monoisotopic (exact) mass is 476 g/mol. The third-order valence-electron chi connectivity index (χ3n) is 4.75. The van der Waals surface area contributed by atoms with Crippen LogP contribution in [-0.4, -0.2) is 51.4 Å². The highest BCUT2D eigenvalue weighted by Gasteiger charge is 2.15. The fourth-order valence-corrected chi connectivity index (χ4v) is 5.57. The number of hydrogen-bond acceptors (Lipinski definition) is 7. The molecular weight excluding hydrogens is 452 g/mol. The van der Waals surface area contributed by atoms with Crippen molar-refractivity contribution >= 4 is 43.3 Å². The number of methoxy groups -OCH3 is 2. The second-order valence-electron chi connectivity index (χ2n) is 6.94. The minimum atomic E-state index is -3.44. The second kappa shape index (κ2) is 10.7. The maximum Gasteiger partial charge on any atom is 0.337 e. The van der Waals surface area contributed by atoms with Crippen molar-refractivity contribution in [2.45, 2.75) is 24.3 Å². The van der Waals surface area contributed by atoms with Gasteiger partial charge < -0.3 is 14.0 Å². The number of benzene rings is 2. The molecule has 0 radical (unpaired) electrons. The van der Waals surface area contributed by atoms with Gasteiger partial charge in [0.05, 0.1) is 40.1 Å². The standard InChI is InChI=1S/C22H24N2O6S2/c1-29-13-12-24-18-11-10-16(21(26)30-2)15-19(18)31-22(24)23-20(25)9-6-14-32(27,28)17-7-4-3-5-8-17/h3-5,7-8,10-11,15H,6,9,12-14H2,1-2H3. The number of fused-ring (bicyclic) bond motifs is 1. The molecule has 170 valence electrons. The molecule has 1 amide bonds. The second-order valence-corrected chi connectivity index (χ2v) is 10.1. The van der Waals surface area contributed by atoms with E-state index < -0.39 is 21.7 Å². The zero-order valence-electron chi connectivity index (χ0n) is 17.8. The Balaban J connectivity index is 1.80. The molecule has 0 aliphatic heterocycles. The Labute approximate surface area is 190 Å². The fourth-order valence-electron chi connectivity index (χ4n) is 3.12. The first-order valence-corrected chi connectivity index (χ1v) is 12.4. The predicted molar refractivity (Wildman–Crippen MR) is 121 cm³/mol. The van der Waals surface area contributed by atoms with Crippen molar-refractivity contribution in [2.24, 2.45) is 4.99 Å². The lowest BCUT2D eigenvalue weighted by Gasteiger charge is -2.05. The van der Waals surface area contributed by atoms with Gasteiger partial charge in [0.15, 0.2) is 14.6 Å². The Morgan fingerprint density at radius 2 is 1.84 bits per heavy atom. The molecule has 2 aromatic carbocycles. The normalized spacial score (nSPS) is 12.2. The lowest BCUT2D eigenvalue weighted by molar-refractivity contribution is -0.118. The lowest BCUT2D eigenvalue weighted by atomic mass is 10.2. The molecule has 10 heteroatoms. The van der Waals surface area contributed by atoms with E-state index in [1.165, 1.54) is 18.4 Å². The van der Waals surface area contributed by atoms with Gasteiger partial charge in [-0.15, -0.1) is 0 Å². The molecule has 32 heavy (non-hydrogen) atoms. The third kappa shape index (κ3) is 5.70. The van der Waals surface area contributed by atoms with Crippen molar-refractivity contribution in [3.8, 4) is 0 Å². The Morgan fingerprint density at radius 1 is 1.09 bits per heavy atom. The van der Waals surface area contributed by atoms with Crippen LogP contribution in [0.15, 0.2) is 58.4 Å². The van der Waals surface area contributed by atoms with Gasteiger partial charge in [-0.25, -0.2) is 13.2 Å². The molecule has 0 unspecified atom stereocenters. The molecule has 0 spiro atoms. The largest absolute Gasteiger partial charge is 0.465 e. The summed E-state index contributed by atoms with van der Waals surface area (Å²) in [6.07, 6.45) is 0.188. The Hall–Kier alpha value is -2.82. The summed E-state index contributed by atoms with van der Waals surface area (Å²) >= 11 is 1.27. The van der Waals surface area contributed by atoms with Crippen LogP contribution in [0, 0.1) is 0 Å². The number of carbonyl (C=O) groups is 2. The van der Waals surface area contributed by atoms with E-state index >= 15 is 0 Å². The first-order valence-electron chi connectivity index (χ1n) is 9.91. The van der Waals surface area contributed by atoms with E-state index in [1.54, 1.807) is 55.6 Å². The molecule has 0 atom stereocenters. The topological polar surface area (TPSA) is 104 Å². The van der Waals surface area contributed by atoms with Crippen LogP contribution in [-0.2, 0) is 30.7 Å². The predicted octanol–water partition coefficient (Wildman–Crippen LogP) is 2.82. The molecule has 0 saturated heterocycles. The van der Waals surface area contributed by atoms with Crippen LogP contribution in [0.25, 0.3) is 10.2 Å². The summed E-state index contributed by atoms with van der Waals surface area (Å²) in [5.41, 5.74) is 1.22. The highest BCUT2D eigenvalue weighted by atomic mass is 32.2. The molecule has 0 bridgehead atoms. The first kappa shape index (κ1) is 23.8. The van der Waals surface area contributed by atoms with Crippen molar-refractivity contribution in [3.05, 3.63) is 58.9 Å². The number of thiazole rings is 1. The Bertz CT molecular complexity index is 1280. The van der Waals surface area contributed by atoms with Crippen LogP contribution in [0.4, 0.5) is 0 Å². The molecule has 8 nitrogen and oxygen atoms in total. The number of ether oxygens (including phenoxy) is 2. The molecule has 0 aliphatic rings. The Morgan fingerprint density at radius 3 is 2.53 bits per heavy atom. The van der Waals surface area contributed by atoms with Crippen LogP contribution in [0.2, 0.25) is 0 Å². The molecular formula is C22H24N2O6S2. The molecule has 1 aromatic heterocycles. The van der Waals surface area contributed by atoms with Gasteiger partial charge in [-0.05, 0) is 36.8 Å². The maximum atomic E-state index is 12.5. The maximum absolute atomic E-state index is 12.5. The van der Waals surface area contributed by atoms with Gasteiger partial charge in [-0.3, -0.25) is 4.79 Å². The van der Waals surface area contributed by atoms with Gasteiger partial charge in [0, 0.05) is 20.1 Å². The van der Waals surface area contributed by atoms with Crippen LogP contribution < -0.4 is 4.80 Å². The van der Waals surface area contributed by atoms with E-state index in [0.717, 1.165) is 10.2 Å².